The van der Waals surface area contributed by atoms with E-state index in [4.69, 9.17) is 26.4 Å². The lowest BCUT2D eigenvalue weighted by Crippen LogP contribution is -2.35. The number of hydrogen-bond donors (Lipinski definition) is 1. The zero-order chi connectivity index (χ0) is 24.9. The summed E-state index contributed by atoms with van der Waals surface area (Å²) < 4.78 is 17.3. The molecule has 0 bridgehead atoms. The third-order valence-corrected chi connectivity index (χ3v) is 7.30. The topological polar surface area (TPSA) is 77.1 Å². The quantitative estimate of drug-likeness (QED) is 0.405. The number of rotatable bonds is 8. The molecule has 0 radical (unpaired) electrons. The normalized spacial score (nSPS) is 18.9. The summed E-state index contributed by atoms with van der Waals surface area (Å²) in [5.74, 6) is 0.519. The average Bonchev–Trinajstić information content (AvgIpc) is 3.44. The molecule has 0 aromatic heterocycles. The molecular formula is C26H28N2O5S2. The number of benzene rings is 2. The van der Waals surface area contributed by atoms with Crippen LogP contribution in [0.25, 0.3) is 6.08 Å². The lowest BCUT2D eigenvalue weighted by atomic mass is 10.1. The van der Waals surface area contributed by atoms with Gasteiger partial charge in [-0.2, -0.15) is 0 Å². The Labute approximate surface area is 214 Å². The number of aryl methyl sites for hydroxylation is 2. The molecule has 2 fully saturated rings. The number of amides is 2. The maximum absolute atomic E-state index is 12.9. The summed E-state index contributed by atoms with van der Waals surface area (Å²) in [7, 11) is 1.53. The van der Waals surface area contributed by atoms with Crippen molar-refractivity contribution in [1.82, 2.24) is 4.90 Å². The van der Waals surface area contributed by atoms with Crippen LogP contribution in [0.4, 0.5) is 5.69 Å². The first-order chi connectivity index (χ1) is 16.8. The summed E-state index contributed by atoms with van der Waals surface area (Å²) in [6.07, 6.45) is 3.78. The minimum absolute atomic E-state index is 0.0422. The smallest absolute Gasteiger partial charge is 0.266 e. The maximum atomic E-state index is 12.9. The molecule has 35 heavy (non-hydrogen) atoms. The molecule has 1 atom stereocenters. The molecule has 2 heterocycles. The predicted octanol–water partition coefficient (Wildman–Crippen LogP) is 4.71. The molecule has 4 rings (SSSR count). The van der Waals surface area contributed by atoms with Crippen molar-refractivity contribution in [2.45, 2.75) is 32.8 Å². The molecule has 2 aromatic carbocycles. The fourth-order valence-electron chi connectivity index (χ4n) is 3.85. The summed E-state index contributed by atoms with van der Waals surface area (Å²) in [6.45, 7) is 5.08. The van der Waals surface area contributed by atoms with Crippen molar-refractivity contribution in [2.75, 3.05) is 32.2 Å². The number of thiocarbonyl (C=S) groups is 1. The Bertz CT molecular complexity index is 1170. The van der Waals surface area contributed by atoms with E-state index < -0.39 is 0 Å². The van der Waals surface area contributed by atoms with Crippen LogP contribution in [-0.2, 0) is 14.3 Å². The van der Waals surface area contributed by atoms with Crippen molar-refractivity contribution in [1.29, 1.82) is 0 Å². The minimum atomic E-state index is -0.269. The Morgan fingerprint density at radius 2 is 2.06 bits per heavy atom. The highest BCUT2D eigenvalue weighted by atomic mass is 32.2. The van der Waals surface area contributed by atoms with Gasteiger partial charge in [0.15, 0.2) is 18.1 Å². The van der Waals surface area contributed by atoms with Crippen LogP contribution in [0.1, 0.15) is 29.5 Å². The van der Waals surface area contributed by atoms with Crippen molar-refractivity contribution in [3.05, 3.63) is 58.0 Å². The van der Waals surface area contributed by atoms with Crippen LogP contribution in [0.2, 0.25) is 0 Å². The van der Waals surface area contributed by atoms with Gasteiger partial charge < -0.3 is 19.5 Å². The molecular weight excluding hydrogens is 484 g/mol. The number of nitrogens with zero attached hydrogens (tertiary/aromatic N) is 1. The molecule has 2 saturated heterocycles. The highest BCUT2D eigenvalue weighted by Crippen LogP contribution is 2.35. The van der Waals surface area contributed by atoms with Gasteiger partial charge in [-0.05, 0) is 73.7 Å². The third kappa shape index (κ3) is 6.22. The fraction of sp³-hybridized carbons (Fsp3) is 0.346. The van der Waals surface area contributed by atoms with E-state index in [-0.39, 0.29) is 24.5 Å². The zero-order valence-corrected chi connectivity index (χ0v) is 21.6. The molecule has 184 valence electrons. The number of nitrogens with one attached hydrogen (secondary N) is 1. The van der Waals surface area contributed by atoms with E-state index >= 15 is 0 Å². The second kappa shape index (κ2) is 11.2. The van der Waals surface area contributed by atoms with Crippen LogP contribution in [0, 0.1) is 13.8 Å². The summed E-state index contributed by atoms with van der Waals surface area (Å²) in [6, 6.07) is 11.0. The standard InChI is InChI=1S/C26H28N2O5S2/c1-16-6-8-19(11-17(16)2)27-24(29)15-33-21-9-7-18(12-22(21)31-3)13-23-25(30)28(26(34)35-23)14-20-5-4-10-32-20/h6-9,11-13,20H,4-5,10,14-15H2,1-3H3,(H,27,29)/b23-13-/t20-/m1/s1. The zero-order valence-electron chi connectivity index (χ0n) is 20.0. The molecule has 0 saturated carbocycles. The molecule has 2 aliphatic rings. The number of thioether (sulfide) groups is 1. The van der Waals surface area contributed by atoms with Crippen molar-refractivity contribution in [3.8, 4) is 11.5 Å². The maximum Gasteiger partial charge on any atom is 0.266 e. The fourth-order valence-corrected chi connectivity index (χ4v) is 5.13. The lowest BCUT2D eigenvalue weighted by Gasteiger charge is -2.18. The summed E-state index contributed by atoms with van der Waals surface area (Å²) in [5, 5.41) is 2.84. The van der Waals surface area contributed by atoms with Crippen molar-refractivity contribution in [2.24, 2.45) is 0 Å². The van der Waals surface area contributed by atoms with Crippen LogP contribution in [-0.4, -0.2) is 54.0 Å². The van der Waals surface area contributed by atoms with Gasteiger partial charge >= 0.3 is 0 Å². The SMILES string of the molecule is COc1cc(/C=C2\SC(=S)N(C[C@H]3CCCO3)C2=O)ccc1OCC(=O)Nc1ccc(C)c(C)c1. The molecule has 2 aromatic rings. The van der Waals surface area contributed by atoms with Gasteiger partial charge in [0.05, 0.1) is 24.7 Å². The summed E-state index contributed by atoms with van der Waals surface area (Å²) in [4.78, 5) is 27.4. The number of methoxy groups -OCH3 is 1. The second-order valence-corrected chi connectivity index (χ2v) is 10.1. The Kier molecular flexibility index (Phi) is 8.10. The molecule has 7 nitrogen and oxygen atoms in total. The van der Waals surface area contributed by atoms with Crippen molar-refractivity contribution in [3.63, 3.8) is 0 Å². The van der Waals surface area contributed by atoms with Gasteiger partial charge in [-0.25, -0.2) is 0 Å². The Morgan fingerprint density at radius 3 is 2.77 bits per heavy atom. The first kappa shape index (κ1) is 25.2. The molecule has 9 heteroatoms. The first-order valence-electron chi connectivity index (χ1n) is 11.4. The number of ether oxygens (including phenoxy) is 3. The first-order valence-corrected chi connectivity index (χ1v) is 12.6. The van der Waals surface area contributed by atoms with E-state index in [0.717, 1.165) is 41.8 Å². The highest BCUT2D eigenvalue weighted by molar-refractivity contribution is 8.26. The number of carbonyl (C=O) groups excluding carboxylic acids is 2. The van der Waals surface area contributed by atoms with Crippen molar-refractivity contribution >= 4 is 51.9 Å². The third-order valence-electron chi connectivity index (χ3n) is 5.92. The number of carbonyl (C=O) groups is 2. The van der Waals surface area contributed by atoms with Gasteiger partial charge in [-0.15, -0.1) is 0 Å². The van der Waals surface area contributed by atoms with Crippen molar-refractivity contribution < 1.29 is 23.8 Å². The van der Waals surface area contributed by atoms with Crippen LogP contribution in [0.3, 0.4) is 0 Å². The number of anilines is 1. The van der Waals surface area contributed by atoms with E-state index in [9.17, 15) is 9.59 Å². The highest BCUT2D eigenvalue weighted by Gasteiger charge is 2.34. The predicted molar refractivity (Wildman–Crippen MR) is 142 cm³/mol. The van der Waals surface area contributed by atoms with Crippen LogP contribution in [0.5, 0.6) is 11.5 Å². The van der Waals surface area contributed by atoms with Gasteiger partial charge in [0.1, 0.15) is 4.32 Å². The van der Waals surface area contributed by atoms with E-state index in [1.54, 1.807) is 23.1 Å². The lowest BCUT2D eigenvalue weighted by molar-refractivity contribution is -0.123. The molecule has 0 spiro atoms. The van der Waals surface area contributed by atoms with Gasteiger partial charge in [0.25, 0.3) is 11.8 Å². The van der Waals surface area contributed by atoms with Gasteiger partial charge in [0, 0.05) is 12.3 Å². The van der Waals surface area contributed by atoms with Gasteiger partial charge in [0.2, 0.25) is 0 Å². The van der Waals surface area contributed by atoms with Gasteiger partial charge in [-0.1, -0.05) is 36.1 Å². The summed E-state index contributed by atoms with van der Waals surface area (Å²) in [5.41, 5.74) is 3.76. The molecule has 0 aliphatic carbocycles. The van der Waals surface area contributed by atoms with Gasteiger partial charge in [-0.3, -0.25) is 14.5 Å². The molecule has 2 amide bonds. The molecule has 2 aliphatic heterocycles. The molecule has 0 unspecified atom stereocenters. The summed E-state index contributed by atoms with van der Waals surface area (Å²) >= 11 is 6.71. The minimum Gasteiger partial charge on any atom is -0.493 e. The molecule has 1 N–H and O–H groups in total. The van der Waals surface area contributed by atoms with Crippen LogP contribution < -0.4 is 14.8 Å². The van der Waals surface area contributed by atoms with E-state index in [1.807, 2.05) is 38.1 Å². The Hall–Kier alpha value is -2.88. The monoisotopic (exact) mass is 512 g/mol. The van der Waals surface area contributed by atoms with Crippen LogP contribution in [0.15, 0.2) is 41.3 Å². The Morgan fingerprint density at radius 1 is 1.23 bits per heavy atom. The second-order valence-electron chi connectivity index (χ2n) is 8.47. The van der Waals surface area contributed by atoms with E-state index in [0.29, 0.717) is 27.3 Å². The van der Waals surface area contributed by atoms with E-state index in [1.165, 1.54) is 18.9 Å². The number of hydrogen-bond acceptors (Lipinski definition) is 7. The largest absolute Gasteiger partial charge is 0.493 e. The van der Waals surface area contributed by atoms with E-state index in [2.05, 4.69) is 5.32 Å². The van der Waals surface area contributed by atoms with Crippen LogP contribution >= 0.6 is 24.0 Å². The Balaban J connectivity index is 1.39. The average molecular weight is 513 g/mol.